The van der Waals surface area contributed by atoms with Gasteiger partial charge in [-0.05, 0) is 42.4 Å². The lowest BCUT2D eigenvalue weighted by atomic mass is 9.79. The molecule has 3 atom stereocenters. The zero-order chi connectivity index (χ0) is 29.8. The van der Waals surface area contributed by atoms with E-state index in [4.69, 9.17) is 4.74 Å². The predicted octanol–water partition coefficient (Wildman–Crippen LogP) is 4.27. The van der Waals surface area contributed by atoms with Crippen LogP contribution in [0.2, 0.25) is 0 Å². The van der Waals surface area contributed by atoms with Crippen LogP contribution in [0.4, 0.5) is 32.6 Å². The van der Waals surface area contributed by atoms with Gasteiger partial charge in [-0.1, -0.05) is 33.6 Å². The molecule has 1 aromatic heterocycles. The van der Waals surface area contributed by atoms with E-state index in [0.29, 0.717) is 24.3 Å². The van der Waals surface area contributed by atoms with E-state index in [-0.39, 0.29) is 18.3 Å². The van der Waals surface area contributed by atoms with Gasteiger partial charge in [0.15, 0.2) is 0 Å². The van der Waals surface area contributed by atoms with E-state index in [0.717, 1.165) is 17.7 Å². The Kier molecular flexibility index (Phi) is 9.96. The number of carbonyl (C=O) groups is 3. The Bertz CT molecular complexity index is 1060. The molecule has 1 aliphatic heterocycles. The summed E-state index contributed by atoms with van der Waals surface area (Å²) in [5.41, 5.74) is 0.337. The number of methoxy groups -OCH3 is 1. The molecular formula is C26H36F5N5O4. The lowest BCUT2D eigenvalue weighted by Crippen LogP contribution is -2.55. The molecule has 0 aromatic carbocycles. The second kappa shape index (κ2) is 12.6. The Morgan fingerprint density at radius 3 is 2.38 bits per heavy atom. The highest BCUT2D eigenvalue weighted by molar-refractivity contribution is 5.98. The van der Waals surface area contributed by atoms with Crippen LogP contribution in [0.15, 0.2) is 18.3 Å². The maximum Gasteiger partial charge on any atom is 0.410 e. The normalized spacial score (nSPS) is 23.5. The van der Waals surface area contributed by atoms with Gasteiger partial charge < -0.3 is 25.6 Å². The van der Waals surface area contributed by atoms with Crippen molar-refractivity contribution in [3.8, 4) is 0 Å². The molecule has 0 radical (unpaired) electrons. The lowest BCUT2D eigenvalue weighted by Gasteiger charge is -2.33. The van der Waals surface area contributed by atoms with Crippen LogP contribution in [-0.2, 0) is 14.3 Å². The summed E-state index contributed by atoms with van der Waals surface area (Å²) < 4.78 is 73.7. The smallest absolute Gasteiger partial charge is 0.382 e. The second-order valence-electron chi connectivity index (χ2n) is 10.9. The van der Waals surface area contributed by atoms with E-state index in [1.807, 2.05) is 5.32 Å². The molecule has 1 saturated carbocycles. The summed E-state index contributed by atoms with van der Waals surface area (Å²) in [7, 11) is 1.33. The Hall–Kier alpha value is -3.03. The van der Waals surface area contributed by atoms with Gasteiger partial charge in [-0.15, -0.1) is 0 Å². The minimum absolute atomic E-state index is 0.0189. The molecule has 1 aromatic rings. The average molecular weight is 578 g/mol. The first-order valence-electron chi connectivity index (χ1n) is 13.2. The molecule has 0 unspecified atom stereocenters. The number of halogens is 5. The van der Waals surface area contributed by atoms with Crippen LogP contribution >= 0.6 is 0 Å². The number of nitrogens with zero attached hydrogens (tertiary/aromatic N) is 2. The first-order valence-corrected chi connectivity index (χ1v) is 13.2. The number of urea groups is 1. The number of ether oxygens (including phenoxy) is 1. The molecule has 0 bridgehead atoms. The van der Waals surface area contributed by atoms with Gasteiger partial charge in [-0.25, -0.2) is 9.78 Å². The fraction of sp³-hybridized carbons (Fsp3) is 0.692. The summed E-state index contributed by atoms with van der Waals surface area (Å²) >= 11 is 0. The number of aromatic nitrogens is 1. The van der Waals surface area contributed by atoms with Crippen LogP contribution in [0.25, 0.3) is 0 Å². The van der Waals surface area contributed by atoms with Crippen LogP contribution in [0.3, 0.4) is 0 Å². The van der Waals surface area contributed by atoms with E-state index in [9.17, 15) is 36.3 Å². The van der Waals surface area contributed by atoms with Crippen molar-refractivity contribution in [2.45, 2.75) is 76.7 Å². The minimum atomic E-state index is -4.64. The Labute approximate surface area is 229 Å². The number of amides is 4. The van der Waals surface area contributed by atoms with Crippen molar-refractivity contribution in [3.05, 3.63) is 23.9 Å². The molecule has 2 heterocycles. The van der Waals surface area contributed by atoms with E-state index < -0.39 is 60.5 Å². The molecule has 1 aliphatic carbocycles. The number of pyridine rings is 1. The third-order valence-corrected chi connectivity index (χ3v) is 7.58. The second-order valence-corrected chi connectivity index (χ2v) is 10.9. The van der Waals surface area contributed by atoms with Crippen LogP contribution in [0.1, 0.15) is 58.1 Å². The fourth-order valence-corrected chi connectivity index (χ4v) is 4.98. The Balaban J connectivity index is 1.83. The lowest BCUT2D eigenvalue weighted by molar-refractivity contribution is -0.154. The predicted molar refractivity (Wildman–Crippen MR) is 135 cm³/mol. The number of alkyl halides is 5. The molecule has 9 nitrogen and oxygen atoms in total. The number of anilines is 1. The van der Waals surface area contributed by atoms with Crippen LogP contribution in [0.5, 0.6) is 0 Å². The first-order chi connectivity index (χ1) is 18.6. The van der Waals surface area contributed by atoms with Gasteiger partial charge in [0, 0.05) is 19.2 Å². The van der Waals surface area contributed by atoms with Crippen LogP contribution in [0, 0.1) is 17.8 Å². The van der Waals surface area contributed by atoms with Crippen molar-refractivity contribution in [2.75, 3.05) is 25.6 Å². The number of carbonyl (C=O) groups excluding carboxylic acids is 3. The SMILES string of the molecule is COC[C@H](c1ccnc(NC(=O)[C@@H](NC(=O)C(F)(F)C(C)C)C2CCC(C)CC2)c1)N1C[C@@H](C(F)(F)F)NC1=O. The molecule has 4 amide bonds. The maximum atomic E-state index is 14.4. The monoisotopic (exact) mass is 577 g/mol. The standard InChI is InChI=1S/C26H36F5N5O4/c1-14(2)25(27,28)23(38)35-21(16-7-5-15(3)6-8-16)22(37)34-20-11-17(9-10-32-20)18(13-40-4)36-12-19(26(29,30)31)33-24(36)39/h9-11,14-16,18-19,21H,5-8,12-13H2,1-4H3,(H,33,39)(H,35,38)(H,32,34,37)/t15?,16?,18-,19+,21+/m1/s1. The van der Waals surface area contributed by atoms with Crippen molar-refractivity contribution >= 4 is 23.7 Å². The minimum Gasteiger partial charge on any atom is -0.382 e. The Morgan fingerprint density at radius 1 is 1.18 bits per heavy atom. The number of hydrogen-bond acceptors (Lipinski definition) is 5. The molecule has 1 saturated heterocycles. The fourth-order valence-electron chi connectivity index (χ4n) is 4.98. The van der Waals surface area contributed by atoms with Gasteiger partial charge in [0.25, 0.3) is 5.91 Å². The van der Waals surface area contributed by atoms with Crippen molar-refractivity contribution in [2.24, 2.45) is 17.8 Å². The van der Waals surface area contributed by atoms with Crippen molar-refractivity contribution in [3.63, 3.8) is 0 Å². The highest BCUT2D eigenvalue weighted by Crippen LogP contribution is 2.33. The molecule has 224 valence electrons. The zero-order valence-electron chi connectivity index (χ0n) is 22.9. The molecule has 0 spiro atoms. The number of rotatable bonds is 10. The van der Waals surface area contributed by atoms with Gasteiger partial charge in [0.1, 0.15) is 17.9 Å². The van der Waals surface area contributed by atoms with Gasteiger partial charge in [-0.2, -0.15) is 22.0 Å². The zero-order valence-corrected chi connectivity index (χ0v) is 22.9. The van der Waals surface area contributed by atoms with Crippen molar-refractivity contribution in [1.82, 2.24) is 20.5 Å². The van der Waals surface area contributed by atoms with E-state index >= 15 is 0 Å². The summed E-state index contributed by atoms with van der Waals surface area (Å²) in [6, 6.07) is -2.31. The van der Waals surface area contributed by atoms with Crippen LogP contribution < -0.4 is 16.0 Å². The van der Waals surface area contributed by atoms with Gasteiger partial charge in [0.05, 0.1) is 19.2 Å². The molecule has 3 N–H and O–H groups in total. The first kappa shape index (κ1) is 31.5. The van der Waals surface area contributed by atoms with Gasteiger partial charge in [0.2, 0.25) is 5.91 Å². The van der Waals surface area contributed by atoms with E-state index in [2.05, 4.69) is 22.5 Å². The highest BCUT2D eigenvalue weighted by Gasteiger charge is 2.49. The summed E-state index contributed by atoms with van der Waals surface area (Å²) in [6.07, 6.45) is -0.683. The third kappa shape index (κ3) is 7.38. The summed E-state index contributed by atoms with van der Waals surface area (Å²) in [5, 5.41) is 6.72. The van der Waals surface area contributed by atoms with Gasteiger partial charge >= 0.3 is 18.1 Å². The maximum absolute atomic E-state index is 14.4. The molecule has 40 heavy (non-hydrogen) atoms. The largest absolute Gasteiger partial charge is 0.410 e. The summed E-state index contributed by atoms with van der Waals surface area (Å²) in [6.45, 7) is 3.69. The Morgan fingerprint density at radius 2 is 1.82 bits per heavy atom. The topological polar surface area (TPSA) is 113 Å². The molecule has 3 rings (SSSR count). The molecule has 14 heteroatoms. The van der Waals surface area contributed by atoms with Crippen molar-refractivity contribution < 1.29 is 41.1 Å². The van der Waals surface area contributed by atoms with Crippen molar-refractivity contribution in [1.29, 1.82) is 0 Å². The molecule has 2 fully saturated rings. The molecule has 2 aliphatic rings. The van der Waals surface area contributed by atoms with Crippen LogP contribution in [-0.4, -0.2) is 72.2 Å². The third-order valence-electron chi connectivity index (χ3n) is 7.58. The summed E-state index contributed by atoms with van der Waals surface area (Å²) in [4.78, 5) is 43.3. The number of hydrogen-bond donors (Lipinski definition) is 3. The quantitative estimate of drug-likeness (QED) is 0.360. The summed E-state index contributed by atoms with van der Waals surface area (Å²) in [5.74, 6) is -7.23. The highest BCUT2D eigenvalue weighted by atomic mass is 19.4. The number of nitrogens with one attached hydrogen (secondary N) is 3. The van der Waals surface area contributed by atoms with E-state index in [1.165, 1.54) is 39.3 Å². The molecular weight excluding hydrogens is 541 g/mol. The average Bonchev–Trinajstić information content (AvgIpc) is 3.28. The van der Waals surface area contributed by atoms with E-state index in [1.54, 1.807) is 0 Å². The van der Waals surface area contributed by atoms with Gasteiger partial charge in [-0.3, -0.25) is 9.59 Å².